The average molecular weight is 265 g/mol. The van der Waals surface area contributed by atoms with E-state index < -0.39 is 6.36 Å². The highest BCUT2D eigenvalue weighted by atomic mass is 35.5. The van der Waals surface area contributed by atoms with E-state index in [1.165, 1.54) is 18.5 Å². The summed E-state index contributed by atoms with van der Waals surface area (Å²) in [6.45, 7) is 0. The first-order valence-electron chi connectivity index (χ1n) is 5.19. The molecular weight excluding hydrogens is 255 g/mol. The third-order valence-electron chi connectivity index (χ3n) is 2.69. The van der Waals surface area contributed by atoms with Crippen LogP contribution in [-0.4, -0.2) is 11.3 Å². The highest BCUT2D eigenvalue weighted by Crippen LogP contribution is 2.42. The van der Waals surface area contributed by atoms with Gasteiger partial charge in [0.05, 0.1) is 5.02 Å². The summed E-state index contributed by atoms with van der Waals surface area (Å²) >= 11 is 5.71. The van der Waals surface area contributed by atoms with Crippen molar-refractivity contribution in [3.63, 3.8) is 0 Å². The smallest absolute Gasteiger partial charge is 0.277 e. The van der Waals surface area contributed by atoms with Gasteiger partial charge in [-0.3, -0.25) is 9.72 Å². The van der Waals surface area contributed by atoms with E-state index in [0.717, 1.165) is 6.42 Å². The van der Waals surface area contributed by atoms with E-state index in [1.54, 1.807) is 0 Å². The molecule has 0 aliphatic heterocycles. The Labute approximate surface area is 102 Å². The lowest BCUT2D eigenvalue weighted by molar-refractivity contribution is -0.322. The molecule has 1 aliphatic rings. The predicted molar refractivity (Wildman–Crippen MR) is 56.1 cm³/mol. The van der Waals surface area contributed by atoms with Crippen LogP contribution in [0.15, 0.2) is 18.5 Å². The highest BCUT2D eigenvalue weighted by molar-refractivity contribution is 6.30. The van der Waals surface area contributed by atoms with Crippen molar-refractivity contribution < 1.29 is 17.9 Å². The largest absolute Gasteiger partial charge is 0.523 e. The molecule has 0 N–H and O–H groups in total. The molecule has 0 saturated heterocycles. The first kappa shape index (κ1) is 12.6. The fraction of sp³-hybridized carbons (Fsp3) is 0.455. The Morgan fingerprint density at radius 3 is 2.53 bits per heavy atom. The topological polar surface area (TPSA) is 22.1 Å². The minimum Gasteiger partial charge on any atom is -0.277 e. The van der Waals surface area contributed by atoms with Gasteiger partial charge in [-0.25, -0.2) is 0 Å². The van der Waals surface area contributed by atoms with Gasteiger partial charge in [-0.15, -0.1) is 13.2 Å². The molecule has 6 heteroatoms. The number of hydrogen-bond donors (Lipinski definition) is 0. The zero-order valence-electron chi connectivity index (χ0n) is 8.80. The molecule has 0 bridgehead atoms. The molecule has 2 rings (SSSR count). The normalized spacial score (nSPS) is 17.2. The van der Waals surface area contributed by atoms with Crippen LogP contribution in [-0.2, 0) is 4.74 Å². The van der Waals surface area contributed by atoms with Gasteiger partial charge in [-0.05, 0) is 24.8 Å². The fourth-order valence-electron chi connectivity index (χ4n) is 1.72. The van der Waals surface area contributed by atoms with Crippen molar-refractivity contribution in [1.29, 1.82) is 0 Å². The molecule has 0 spiro atoms. The molecule has 1 aromatic rings. The number of alkyl halides is 3. The van der Waals surface area contributed by atoms with E-state index in [0.29, 0.717) is 23.4 Å². The summed E-state index contributed by atoms with van der Waals surface area (Å²) in [6, 6.07) is 1.44. The minimum atomic E-state index is -4.67. The van der Waals surface area contributed by atoms with Crippen molar-refractivity contribution in [3.05, 3.63) is 35.2 Å². The predicted octanol–water partition coefficient (Wildman–Crippen LogP) is 3.95. The molecule has 1 saturated carbocycles. The monoisotopic (exact) mass is 264 g/mol. The third-order valence-corrected chi connectivity index (χ3v) is 2.90. The Hall–Kier alpha value is -0.810. The second-order valence-corrected chi connectivity index (χ2v) is 4.37. The molecule has 93 valence electrons. The van der Waals surface area contributed by atoms with E-state index >= 15 is 0 Å². The van der Waals surface area contributed by atoms with Crippen LogP contribution in [0.1, 0.15) is 24.8 Å². The second kappa shape index (κ2) is 4.82. The number of pyridine rings is 1. The van der Waals surface area contributed by atoms with Crippen LogP contribution in [0.3, 0.4) is 0 Å². The maximum atomic E-state index is 12.3. The lowest BCUT2D eigenvalue weighted by atomic mass is 9.79. The van der Waals surface area contributed by atoms with Crippen molar-refractivity contribution >= 4 is 11.6 Å². The maximum absolute atomic E-state index is 12.3. The van der Waals surface area contributed by atoms with Gasteiger partial charge >= 0.3 is 6.36 Å². The van der Waals surface area contributed by atoms with E-state index in [2.05, 4.69) is 9.72 Å². The van der Waals surface area contributed by atoms with Gasteiger partial charge in [0, 0.05) is 18.0 Å². The molecular formula is C11H10ClF3NO. The summed E-state index contributed by atoms with van der Waals surface area (Å²) < 4.78 is 41.0. The number of rotatable bonds is 3. The third kappa shape index (κ3) is 3.33. The minimum absolute atomic E-state index is 0.0706. The molecule has 0 atom stereocenters. The van der Waals surface area contributed by atoms with Crippen LogP contribution in [0.5, 0.6) is 0 Å². The lowest BCUT2D eigenvalue weighted by Crippen LogP contribution is -2.29. The van der Waals surface area contributed by atoms with Crippen molar-refractivity contribution in [2.75, 3.05) is 0 Å². The zero-order valence-corrected chi connectivity index (χ0v) is 9.55. The van der Waals surface area contributed by atoms with Crippen LogP contribution >= 0.6 is 11.6 Å². The van der Waals surface area contributed by atoms with E-state index in [4.69, 9.17) is 11.6 Å². The van der Waals surface area contributed by atoms with Gasteiger partial charge < -0.3 is 0 Å². The Kier molecular flexibility index (Phi) is 3.58. The molecule has 0 aromatic carbocycles. The molecule has 1 radical (unpaired) electrons. The molecule has 0 amide bonds. The molecule has 2 nitrogen and oxygen atoms in total. The van der Waals surface area contributed by atoms with Gasteiger partial charge in [-0.2, -0.15) is 0 Å². The van der Waals surface area contributed by atoms with Gasteiger partial charge in [0.1, 0.15) is 6.10 Å². The lowest BCUT2D eigenvalue weighted by Gasteiger charge is -2.32. The maximum Gasteiger partial charge on any atom is 0.523 e. The number of halogens is 4. The van der Waals surface area contributed by atoms with Gasteiger partial charge in [0.2, 0.25) is 0 Å². The number of aromatic nitrogens is 1. The van der Waals surface area contributed by atoms with Gasteiger partial charge in [-0.1, -0.05) is 18.0 Å². The molecule has 1 heterocycles. The summed E-state index contributed by atoms with van der Waals surface area (Å²) in [4.78, 5) is 3.78. The molecule has 0 unspecified atom stereocenters. The van der Waals surface area contributed by atoms with Crippen molar-refractivity contribution in [2.24, 2.45) is 5.92 Å². The van der Waals surface area contributed by atoms with Crippen LogP contribution in [0.2, 0.25) is 5.02 Å². The summed E-state index contributed by atoms with van der Waals surface area (Å²) in [5.74, 6) is -0.183. The van der Waals surface area contributed by atoms with Crippen LogP contribution in [0.4, 0.5) is 13.2 Å². The molecule has 1 fully saturated rings. The van der Waals surface area contributed by atoms with Crippen molar-refractivity contribution in [1.82, 2.24) is 4.98 Å². The van der Waals surface area contributed by atoms with Gasteiger partial charge in [0.25, 0.3) is 0 Å². The van der Waals surface area contributed by atoms with Crippen LogP contribution in [0, 0.1) is 12.0 Å². The van der Waals surface area contributed by atoms with Crippen LogP contribution < -0.4 is 0 Å². The Morgan fingerprint density at radius 1 is 1.35 bits per heavy atom. The fourth-order valence-corrected chi connectivity index (χ4v) is 1.89. The van der Waals surface area contributed by atoms with E-state index in [9.17, 15) is 13.2 Å². The van der Waals surface area contributed by atoms with Crippen LogP contribution in [0.25, 0.3) is 0 Å². The summed E-state index contributed by atoms with van der Waals surface area (Å²) in [6.07, 6.45) is 0.299. The van der Waals surface area contributed by atoms with Crippen molar-refractivity contribution in [2.45, 2.75) is 25.6 Å². The quantitative estimate of drug-likeness (QED) is 0.825. The molecule has 1 aliphatic carbocycles. The summed E-state index contributed by atoms with van der Waals surface area (Å²) in [5, 5.41) is 0.296. The summed E-state index contributed by atoms with van der Waals surface area (Å²) in [7, 11) is 0. The zero-order chi connectivity index (χ0) is 12.5. The second-order valence-electron chi connectivity index (χ2n) is 3.93. The average Bonchev–Trinajstić information content (AvgIpc) is 2.11. The number of hydrogen-bond acceptors (Lipinski definition) is 2. The van der Waals surface area contributed by atoms with Gasteiger partial charge in [0.15, 0.2) is 0 Å². The first-order chi connectivity index (χ1) is 7.96. The SMILES string of the molecule is FC(F)(F)O[C](c1cncc(Cl)c1)C1CCC1. The van der Waals surface area contributed by atoms with E-state index in [-0.39, 0.29) is 12.0 Å². The van der Waals surface area contributed by atoms with Crippen molar-refractivity contribution in [3.8, 4) is 0 Å². The summed E-state index contributed by atoms with van der Waals surface area (Å²) in [5.41, 5.74) is 0.305. The molecule has 17 heavy (non-hydrogen) atoms. The number of ether oxygens (including phenoxy) is 1. The Bertz CT molecular complexity index is 393. The highest BCUT2D eigenvalue weighted by Gasteiger charge is 2.40. The van der Waals surface area contributed by atoms with E-state index in [1.807, 2.05) is 0 Å². The Morgan fingerprint density at radius 2 is 2.06 bits per heavy atom. The first-order valence-corrected chi connectivity index (χ1v) is 5.57. The standard InChI is InChI=1S/C11H10ClF3NO/c12-9-4-8(5-16-6-9)10(7-2-1-3-7)17-11(13,14)15/h4-7H,1-3H2. The number of nitrogens with zero attached hydrogens (tertiary/aromatic N) is 1. The Balaban J connectivity index is 2.20. The molecule has 1 aromatic heterocycles.